The van der Waals surface area contributed by atoms with E-state index in [-0.39, 0.29) is 0 Å². The number of furan rings is 1. The number of nitrogens with zero attached hydrogens (tertiary/aromatic N) is 3. The normalized spacial score (nSPS) is 11.0. The van der Waals surface area contributed by atoms with E-state index >= 15 is 0 Å². The minimum Gasteiger partial charge on any atom is -0.453 e. The maximum absolute atomic E-state index is 5.85. The number of hydrogen-bond donors (Lipinski definition) is 0. The predicted molar refractivity (Wildman–Crippen MR) is 89.9 cm³/mol. The van der Waals surface area contributed by atoms with Crippen molar-refractivity contribution < 1.29 is 4.42 Å². The Labute approximate surface area is 133 Å². The van der Waals surface area contributed by atoms with Crippen molar-refractivity contribution in [3.8, 4) is 22.8 Å². The molecule has 4 aromatic rings. The van der Waals surface area contributed by atoms with Crippen LogP contribution in [0.15, 0.2) is 59.1 Å². The van der Waals surface area contributed by atoms with E-state index in [1.54, 1.807) is 6.20 Å². The Kier molecular flexibility index (Phi) is 3.15. The van der Waals surface area contributed by atoms with Crippen LogP contribution < -0.4 is 0 Å². The van der Waals surface area contributed by atoms with Gasteiger partial charge in [-0.25, -0.2) is 9.97 Å². The number of hydrogen-bond acceptors (Lipinski definition) is 4. The fraction of sp³-hybridized carbons (Fsp3) is 0.105. The molecule has 4 nitrogen and oxygen atoms in total. The second kappa shape index (κ2) is 5.32. The predicted octanol–water partition coefficient (Wildman–Crippen LogP) is 4.57. The van der Waals surface area contributed by atoms with Gasteiger partial charge >= 0.3 is 0 Å². The highest BCUT2D eigenvalue weighted by atomic mass is 16.3. The summed E-state index contributed by atoms with van der Waals surface area (Å²) < 4.78 is 5.85. The Morgan fingerprint density at radius 3 is 2.61 bits per heavy atom. The van der Waals surface area contributed by atoms with Gasteiger partial charge in [-0.15, -0.1) is 0 Å². The van der Waals surface area contributed by atoms with Crippen LogP contribution in [0.5, 0.6) is 0 Å². The molecule has 23 heavy (non-hydrogen) atoms. The standard InChI is InChI=1S/C19H15N3O/c1-12-7-8-15(13(2)21-12)16-9-10-20-19(22-16)18-11-14-5-3-4-6-17(14)23-18/h3-11H,1-2H3. The summed E-state index contributed by atoms with van der Waals surface area (Å²) in [6.45, 7) is 3.97. The van der Waals surface area contributed by atoms with E-state index in [4.69, 9.17) is 4.42 Å². The van der Waals surface area contributed by atoms with Crippen LogP contribution in [0.4, 0.5) is 0 Å². The summed E-state index contributed by atoms with van der Waals surface area (Å²) in [6.07, 6.45) is 1.75. The van der Waals surface area contributed by atoms with Crippen LogP contribution in [-0.2, 0) is 0 Å². The van der Waals surface area contributed by atoms with Crippen molar-refractivity contribution in [2.75, 3.05) is 0 Å². The molecule has 0 amide bonds. The number of rotatable bonds is 2. The molecule has 0 fully saturated rings. The topological polar surface area (TPSA) is 51.8 Å². The first-order chi connectivity index (χ1) is 11.2. The summed E-state index contributed by atoms with van der Waals surface area (Å²) in [7, 11) is 0. The van der Waals surface area contributed by atoms with E-state index in [1.165, 1.54) is 0 Å². The molecule has 4 rings (SSSR count). The van der Waals surface area contributed by atoms with Gasteiger partial charge in [-0.1, -0.05) is 18.2 Å². The molecule has 0 spiro atoms. The molecule has 3 heterocycles. The Hall–Kier alpha value is -3.01. The second-order valence-electron chi connectivity index (χ2n) is 5.50. The lowest BCUT2D eigenvalue weighted by Gasteiger charge is -2.06. The van der Waals surface area contributed by atoms with Gasteiger partial charge in [0.25, 0.3) is 0 Å². The van der Waals surface area contributed by atoms with Crippen molar-refractivity contribution in [3.05, 3.63) is 66.1 Å². The molecule has 112 valence electrons. The molecular formula is C19H15N3O. The first-order valence-corrected chi connectivity index (χ1v) is 7.47. The summed E-state index contributed by atoms with van der Waals surface area (Å²) in [5.74, 6) is 1.25. The molecule has 0 atom stereocenters. The van der Waals surface area contributed by atoms with Crippen molar-refractivity contribution >= 4 is 11.0 Å². The van der Waals surface area contributed by atoms with Crippen LogP contribution in [0, 0.1) is 13.8 Å². The molecule has 1 aromatic carbocycles. The van der Waals surface area contributed by atoms with E-state index in [9.17, 15) is 0 Å². The number of para-hydroxylation sites is 1. The molecule has 0 radical (unpaired) electrons. The second-order valence-corrected chi connectivity index (χ2v) is 5.50. The van der Waals surface area contributed by atoms with Gasteiger partial charge in [0.05, 0.1) is 5.69 Å². The highest BCUT2D eigenvalue weighted by Gasteiger charge is 2.11. The van der Waals surface area contributed by atoms with E-state index in [0.717, 1.165) is 33.6 Å². The van der Waals surface area contributed by atoms with Crippen LogP contribution in [0.25, 0.3) is 33.8 Å². The monoisotopic (exact) mass is 301 g/mol. The zero-order valence-electron chi connectivity index (χ0n) is 12.9. The quantitative estimate of drug-likeness (QED) is 0.544. The molecule has 0 N–H and O–H groups in total. The van der Waals surface area contributed by atoms with Crippen molar-refractivity contribution in [2.45, 2.75) is 13.8 Å². The minimum absolute atomic E-state index is 0.582. The molecule has 0 aliphatic carbocycles. The van der Waals surface area contributed by atoms with Gasteiger partial charge in [0, 0.05) is 28.5 Å². The molecule has 0 saturated heterocycles. The average molecular weight is 301 g/mol. The first-order valence-electron chi connectivity index (χ1n) is 7.47. The van der Waals surface area contributed by atoms with Crippen molar-refractivity contribution in [2.24, 2.45) is 0 Å². The van der Waals surface area contributed by atoms with Crippen LogP contribution in [0.1, 0.15) is 11.4 Å². The fourth-order valence-corrected chi connectivity index (χ4v) is 2.68. The molecule has 0 aliphatic rings. The molecule has 0 saturated carbocycles. The summed E-state index contributed by atoms with van der Waals surface area (Å²) >= 11 is 0. The summed E-state index contributed by atoms with van der Waals surface area (Å²) in [5.41, 5.74) is 4.65. The largest absolute Gasteiger partial charge is 0.453 e. The number of benzene rings is 1. The molecular weight excluding hydrogens is 286 g/mol. The zero-order valence-corrected chi connectivity index (χ0v) is 12.9. The summed E-state index contributed by atoms with van der Waals surface area (Å²) in [5, 5.41) is 1.05. The Bertz CT molecular complexity index is 971. The number of aromatic nitrogens is 3. The zero-order chi connectivity index (χ0) is 15.8. The Morgan fingerprint density at radius 2 is 1.78 bits per heavy atom. The smallest absolute Gasteiger partial charge is 0.196 e. The molecule has 0 bridgehead atoms. The summed E-state index contributed by atoms with van der Waals surface area (Å²) in [4.78, 5) is 13.5. The summed E-state index contributed by atoms with van der Waals surface area (Å²) in [6, 6.07) is 15.8. The van der Waals surface area contributed by atoms with E-state index < -0.39 is 0 Å². The van der Waals surface area contributed by atoms with Crippen molar-refractivity contribution in [1.82, 2.24) is 15.0 Å². The fourth-order valence-electron chi connectivity index (χ4n) is 2.68. The van der Waals surface area contributed by atoms with Crippen LogP contribution in [0.2, 0.25) is 0 Å². The number of aryl methyl sites for hydroxylation is 2. The molecule has 0 aliphatic heterocycles. The van der Waals surface area contributed by atoms with Crippen LogP contribution in [0.3, 0.4) is 0 Å². The van der Waals surface area contributed by atoms with Crippen molar-refractivity contribution in [1.29, 1.82) is 0 Å². The Balaban J connectivity index is 1.82. The Morgan fingerprint density at radius 1 is 0.913 bits per heavy atom. The first kappa shape index (κ1) is 13.6. The van der Waals surface area contributed by atoms with Gasteiger partial charge < -0.3 is 4.42 Å². The SMILES string of the molecule is Cc1ccc(-c2ccnc(-c3cc4ccccc4o3)n2)c(C)n1. The van der Waals surface area contributed by atoms with Gasteiger partial charge in [0.15, 0.2) is 11.6 Å². The molecule has 4 heteroatoms. The maximum Gasteiger partial charge on any atom is 0.196 e. The van der Waals surface area contributed by atoms with E-state index in [1.807, 2.05) is 62.4 Å². The minimum atomic E-state index is 0.582. The molecule has 3 aromatic heterocycles. The number of fused-ring (bicyclic) bond motifs is 1. The van der Waals surface area contributed by atoms with Crippen LogP contribution >= 0.6 is 0 Å². The third-order valence-corrected chi connectivity index (χ3v) is 3.80. The lowest BCUT2D eigenvalue weighted by Crippen LogP contribution is -1.95. The van der Waals surface area contributed by atoms with Crippen LogP contribution in [-0.4, -0.2) is 15.0 Å². The highest BCUT2D eigenvalue weighted by molar-refractivity contribution is 5.81. The van der Waals surface area contributed by atoms with Gasteiger partial charge in [-0.2, -0.15) is 0 Å². The van der Waals surface area contributed by atoms with Gasteiger partial charge in [0.2, 0.25) is 0 Å². The van der Waals surface area contributed by atoms with E-state index in [0.29, 0.717) is 11.6 Å². The van der Waals surface area contributed by atoms with E-state index in [2.05, 4.69) is 15.0 Å². The third-order valence-electron chi connectivity index (χ3n) is 3.80. The average Bonchev–Trinajstić information content (AvgIpc) is 2.99. The number of pyridine rings is 1. The molecule has 0 unspecified atom stereocenters. The van der Waals surface area contributed by atoms with Gasteiger partial charge in [-0.05, 0) is 44.2 Å². The highest BCUT2D eigenvalue weighted by Crippen LogP contribution is 2.27. The lowest BCUT2D eigenvalue weighted by molar-refractivity contribution is 0.625. The van der Waals surface area contributed by atoms with Crippen molar-refractivity contribution in [3.63, 3.8) is 0 Å². The maximum atomic E-state index is 5.85. The van der Waals surface area contributed by atoms with Gasteiger partial charge in [0.1, 0.15) is 5.58 Å². The van der Waals surface area contributed by atoms with Gasteiger partial charge in [-0.3, -0.25) is 4.98 Å². The lowest BCUT2D eigenvalue weighted by atomic mass is 10.1. The third kappa shape index (κ3) is 2.48.